The van der Waals surface area contributed by atoms with Gasteiger partial charge in [-0.1, -0.05) is 24.3 Å². The van der Waals surface area contributed by atoms with Gasteiger partial charge in [-0.3, -0.25) is 9.10 Å². The molecule has 0 fully saturated rings. The zero-order valence-electron chi connectivity index (χ0n) is 17.5. The maximum atomic E-state index is 13.4. The molecule has 1 unspecified atom stereocenters. The van der Waals surface area contributed by atoms with Crippen LogP contribution in [0.15, 0.2) is 77.7 Å². The van der Waals surface area contributed by atoms with Crippen LogP contribution in [0.5, 0.6) is 5.75 Å². The lowest BCUT2D eigenvalue weighted by Crippen LogP contribution is -2.36. The molecule has 0 saturated carbocycles. The molecule has 1 aliphatic heterocycles. The quantitative estimate of drug-likeness (QED) is 0.552. The Balaban J connectivity index is 1.43. The van der Waals surface area contributed by atoms with E-state index in [9.17, 15) is 17.6 Å². The van der Waals surface area contributed by atoms with Crippen molar-refractivity contribution in [2.45, 2.75) is 24.3 Å². The molecule has 0 aromatic heterocycles. The van der Waals surface area contributed by atoms with Crippen molar-refractivity contribution in [1.82, 2.24) is 5.32 Å². The first-order valence-corrected chi connectivity index (χ1v) is 11.7. The number of anilines is 1. The van der Waals surface area contributed by atoms with E-state index in [1.165, 1.54) is 40.7 Å². The number of fused-ring (bicyclic) bond motifs is 1. The third kappa shape index (κ3) is 4.45. The van der Waals surface area contributed by atoms with Crippen LogP contribution in [0.4, 0.5) is 10.1 Å². The number of nitrogens with one attached hydrogen (secondary N) is 1. The summed E-state index contributed by atoms with van der Waals surface area (Å²) in [6.07, 6.45) is 0.642. The predicted octanol–water partition coefficient (Wildman–Crippen LogP) is 3.77. The number of hydrogen-bond donors (Lipinski definition) is 1. The lowest BCUT2D eigenvalue weighted by atomic mass is 10.1. The van der Waals surface area contributed by atoms with Gasteiger partial charge in [0.1, 0.15) is 18.2 Å². The van der Waals surface area contributed by atoms with Gasteiger partial charge in [0.2, 0.25) is 0 Å². The number of rotatable bonds is 7. The van der Waals surface area contributed by atoms with Crippen LogP contribution >= 0.6 is 0 Å². The third-order valence-electron chi connectivity index (χ3n) is 5.27. The molecular formula is C24H23FN2O4S. The summed E-state index contributed by atoms with van der Waals surface area (Å²) in [6.45, 7) is 2.27. The van der Waals surface area contributed by atoms with E-state index in [0.29, 0.717) is 17.9 Å². The highest BCUT2D eigenvalue weighted by molar-refractivity contribution is 7.92. The average Bonchev–Trinajstić information content (AvgIpc) is 3.14. The molecule has 0 spiro atoms. The molecule has 1 atom stereocenters. The lowest BCUT2D eigenvalue weighted by Gasteiger charge is -2.24. The van der Waals surface area contributed by atoms with Crippen molar-refractivity contribution in [3.05, 3.63) is 89.7 Å². The van der Waals surface area contributed by atoms with Crippen molar-refractivity contribution in [2.75, 3.05) is 17.5 Å². The molecular weight excluding hydrogens is 431 g/mol. The van der Waals surface area contributed by atoms with Gasteiger partial charge in [0.25, 0.3) is 15.9 Å². The summed E-state index contributed by atoms with van der Waals surface area (Å²) in [5.41, 5.74) is 1.90. The predicted molar refractivity (Wildman–Crippen MR) is 120 cm³/mol. The van der Waals surface area contributed by atoms with Gasteiger partial charge in [-0.25, -0.2) is 12.8 Å². The Morgan fingerprint density at radius 1 is 1.09 bits per heavy atom. The summed E-state index contributed by atoms with van der Waals surface area (Å²) in [5, 5.41) is 2.71. The fraction of sp³-hybridized carbons (Fsp3) is 0.208. The highest BCUT2D eigenvalue weighted by Gasteiger charge is 2.36. The van der Waals surface area contributed by atoms with Crippen molar-refractivity contribution in [1.29, 1.82) is 0 Å². The number of carbonyl (C=O) groups excluding carboxylic acids is 1. The van der Waals surface area contributed by atoms with E-state index in [1.54, 1.807) is 18.2 Å². The molecule has 4 rings (SSSR count). The van der Waals surface area contributed by atoms with Gasteiger partial charge in [-0.05, 0) is 67.4 Å². The van der Waals surface area contributed by atoms with Crippen LogP contribution in [0.3, 0.4) is 0 Å². The van der Waals surface area contributed by atoms with Gasteiger partial charge in [-0.15, -0.1) is 0 Å². The van der Waals surface area contributed by atoms with Crippen molar-refractivity contribution in [3.8, 4) is 5.75 Å². The summed E-state index contributed by atoms with van der Waals surface area (Å²) >= 11 is 0. The van der Waals surface area contributed by atoms with E-state index in [2.05, 4.69) is 5.32 Å². The maximum Gasteiger partial charge on any atom is 0.264 e. The fourth-order valence-electron chi connectivity index (χ4n) is 3.78. The summed E-state index contributed by atoms with van der Waals surface area (Å²) < 4.78 is 46.5. The molecule has 3 aromatic rings. The largest absolute Gasteiger partial charge is 0.492 e. The molecule has 1 heterocycles. The van der Waals surface area contributed by atoms with Crippen LogP contribution in [-0.4, -0.2) is 33.5 Å². The molecule has 8 heteroatoms. The molecule has 166 valence electrons. The normalized spacial score (nSPS) is 15.3. The number of para-hydroxylation sites is 1. The Morgan fingerprint density at radius 3 is 2.62 bits per heavy atom. The highest BCUT2D eigenvalue weighted by Crippen LogP contribution is 2.36. The van der Waals surface area contributed by atoms with E-state index in [4.69, 9.17) is 4.74 Å². The minimum atomic E-state index is -3.82. The number of halogens is 1. The van der Waals surface area contributed by atoms with Crippen LogP contribution in [0.1, 0.15) is 22.8 Å². The Morgan fingerprint density at radius 2 is 1.84 bits per heavy atom. The van der Waals surface area contributed by atoms with Crippen LogP contribution < -0.4 is 14.4 Å². The Kier molecular flexibility index (Phi) is 6.14. The van der Waals surface area contributed by atoms with Gasteiger partial charge in [0.05, 0.1) is 17.1 Å². The summed E-state index contributed by atoms with van der Waals surface area (Å²) in [5.74, 6) is -0.263. The number of sulfonamides is 1. The molecule has 0 saturated heterocycles. The van der Waals surface area contributed by atoms with Crippen molar-refractivity contribution >= 4 is 21.6 Å². The summed E-state index contributed by atoms with van der Waals surface area (Å²) in [6, 6.07) is 18.8. The van der Waals surface area contributed by atoms with Crippen LogP contribution in [0, 0.1) is 5.82 Å². The van der Waals surface area contributed by atoms with Gasteiger partial charge in [-0.2, -0.15) is 0 Å². The van der Waals surface area contributed by atoms with E-state index in [0.717, 1.165) is 5.56 Å². The van der Waals surface area contributed by atoms with Crippen LogP contribution in [0.2, 0.25) is 0 Å². The molecule has 1 amide bonds. The second-order valence-electron chi connectivity index (χ2n) is 7.57. The molecule has 1 N–H and O–H groups in total. The van der Waals surface area contributed by atoms with E-state index < -0.39 is 15.9 Å². The number of carbonyl (C=O) groups is 1. The average molecular weight is 455 g/mol. The third-order valence-corrected chi connectivity index (χ3v) is 7.19. The number of nitrogens with zero attached hydrogens (tertiary/aromatic N) is 1. The molecule has 32 heavy (non-hydrogen) atoms. The molecule has 0 radical (unpaired) electrons. The van der Waals surface area contributed by atoms with Crippen molar-refractivity contribution < 1.29 is 22.3 Å². The summed E-state index contributed by atoms with van der Waals surface area (Å²) in [7, 11) is -3.82. The topological polar surface area (TPSA) is 75.7 Å². The van der Waals surface area contributed by atoms with Crippen molar-refractivity contribution in [2.24, 2.45) is 0 Å². The zero-order valence-corrected chi connectivity index (χ0v) is 18.3. The first kappa shape index (κ1) is 21.8. The number of amides is 1. The minimum absolute atomic E-state index is 0.0660. The molecule has 6 nitrogen and oxygen atoms in total. The fourth-order valence-corrected chi connectivity index (χ4v) is 5.52. The standard InChI is InChI=1S/C24H23FN2O4S/c1-17-15-18-5-2-3-8-23(18)27(17)32(29,30)22-7-4-6-19(16-22)24(28)26-13-14-31-21-11-9-20(25)10-12-21/h2-12,16-17H,13-15H2,1H3,(H,26,28). The number of benzene rings is 3. The highest BCUT2D eigenvalue weighted by atomic mass is 32.2. The van der Waals surface area contributed by atoms with Crippen LogP contribution in [0.25, 0.3) is 0 Å². The van der Waals surface area contributed by atoms with Gasteiger partial charge < -0.3 is 10.1 Å². The zero-order chi connectivity index (χ0) is 22.7. The second kappa shape index (κ2) is 9.00. The molecule has 0 bridgehead atoms. The smallest absolute Gasteiger partial charge is 0.264 e. The Labute approximate surface area is 186 Å². The monoisotopic (exact) mass is 454 g/mol. The van der Waals surface area contributed by atoms with Crippen LogP contribution in [-0.2, 0) is 16.4 Å². The first-order valence-electron chi connectivity index (χ1n) is 10.3. The lowest BCUT2D eigenvalue weighted by molar-refractivity contribution is 0.0947. The maximum absolute atomic E-state index is 13.4. The first-order chi connectivity index (χ1) is 15.4. The number of hydrogen-bond acceptors (Lipinski definition) is 4. The van der Waals surface area contributed by atoms with Gasteiger partial charge in [0.15, 0.2) is 0 Å². The SMILES string of the molecule is CC1Cc2ccccc2N1S(=O)(=O)c1cccc(C(=O)NCCOc2ccc(F)cc2)c1. The van der Waals surface area contributed by atoms with Gasteiger partial charge in [0, 0.05) is 11.6 Å². The second-order valence-corrected chi connectivity index (χ2v) is 9.38. The van der Waals surface area contributed by atoms with E-state index in [1.807, 2.05) is 25.1 Å². The molecule has 0 aliphatic carbocycles. The summed E-state index contributed by atoms with van der Waals surface area (Å²) in [4.78, 5) is 12.6. The molecule has 1 aliphatic rings. The molecule has 3 aromatic carbocycles. The number of ether oxygens (including phenoxy) is 1. The van der Waals surface area contributed by atoms with E-state index in [-0.39, 0.29) is 35.5 Å². The Bertz CT molecular complexity index is 1230. The Hall–Kier alpha value is -3.39. The van der Waals surface area contributed by atoms with Gasteiger partial charge >= 0.3 is 0 Å². The van der Waals surface area contributed by atoms with E-state index >= 15 is 0 Å². The minimum Gasteiger partial charge on any atom is -0.492 e. The van der Waals surface area contributed by atoms with Crippen molar-refractivity contribution in [3.63, 3.8) is 0 Å².